The molecule has 0 saturated heterocycles. The minimum absolute atomic E-state index is 0.0424. The van der Waals surface area contributed by atoms with Crippen LogP contribution in [0.15, 0.2) is 41.3 Å². The Hall–Kier alpha value is -1.92. The Morgan fingerprint density at radius 2 is 1.72 bits per heavy atom. The minimum Gasteiger partial charge on any atom is -0.465 e. The summed E-state index contributed by atoms with van der Waals surface area (Å²) in [5.41, 5.74) is 0.411. The average Bonchev–Trinajstić information content (AvgIpc) is 2.35. The molecule has 18 heavy (non-hydrogen) atoms. The molecule has 94 valence electrons. The SMILES string of the molecule is COC(=O)c1ccc2cc(S(N)(=O)=O)ccc2c1. The predicted molar refractivity (Wildman–Crippen MR) is 66.7 cm³/mol. The Labute approximate surface area is 104 Å². The molecule has 5 nitrogen and oxygen atoms in total. The first-order valence-electron chi connectivity index (χ1n) is 5.07. The van der Waals surface area contributed by atoms with Crippen LogP contribution in [0.25, 0.3) is 10.8 Å². The van der Waals surface area contributed by atoms with Gasteiger partial charge in [0, 0.05) is 0 Å². The lowest BCUT2D eigenvalue weighted by Gasteiger charge is -2.04. The highest BCUT2D eigenvalue weighted by Gasteiger charge is 2.10. The van der Waals surface area contributed by atoms with Crippen LogP contribution in [0.2, 0.25) is 0 Å². The average molecular weight is 265 g/mol. The second kappa shape index (κ2) is 4.40. The maximum Gasteiger partial charge on any atom is 0.337 e. The van der Waals surface area contributed by atoms with Crippen molar-refractivity contribution in [2.45, 2.75) is 4.90 Å². The van der Waals surface area contributed by atoms with Crippen LogP contribution in [0.5, 0.6) is 0 Å². The topological polar surface area (TPSA) is 86.5 Å². The van der Waals surface area contributed by atoms with Crippen molar-refractivity contribution < 1.29 is 17.9 Å². The van der Waals surface area contributed by atoms with Crippen molar-refractivity contribution in [3.05, 3.63) is 42.0 Å². The van der Waals surface area contributed by atoms with E-state index in [0.717, 1.165) is 5.39 Å². The number of hydrogen-bond donors (Lipinski definition) is 1. The van der Waals surface area contributed by atoms with E-state index in [0.29, 0.717) is 10.9 Å². The molecule has 0 saturated carbocycles. The van der Waals surface area contributed by atoms with E-state index in [1.165, 1.54) is 19.2 Å². The normalized spacial score (nSPS) is 11.4. The van der Waals surface area contributed by atoms with Gasteiger partial charge in [0.2, 0.25) is 10.0 Å². The number of esters is 1. The first-order chi connectivity index (χ1) is 8.41. The largest absolute Gasteiger partial charge is 0.465 e. The van der Waals surface area contributed by atoms with Crippen LogP contribution < -0.4 is 5.14 Å². The number of rotatable bonds is 2. The lowest BCUT2D eigenvalue weighted by atomic mass is 10.1. The van der Waals surface area contributed by atoms with Crippen molar-refractivity contribution in [2.24, 2.45) is 5.14 Å². The zero-order valence-corrected chi connectivity index (χ0v) is 10.4. The Balaban J connectivity index is 2.59. The van der Waals surface area contributed by atoms with Gasteiger partial charge in [0.1, 0.15) is 0 Å². The molecule has 0 spiro atoms. The highest BCUT2D eigenvalue weighted by molar-refractivity contribution is 7.89. The van der Waals surface area contributed by atoms with Crippen LogP contribution in [0.1, 0.15) is 10.4 Å². The van der Waals surface area contributed by atoms with Crippen LogP contribution in [-0.4, -0.2) is 21.5 Å². The van der Waals surface area contributed by atoms with Gasteiger partial charge >= 0.3 is 5.97 Å². The van der Waals surface area contributed by atoms with Crippen LogP contribution >= 0.6 is 0 Å². The summed E-state index contributed by atoms with van der Waals surface area (Å²) in [6.07, 6.45) is 0. The maximum atomic E-state index is 11.3. The molecule has 0 aliphatic rings. The molecule has 2 rings (SSSR count). The van der Waals surface area contributed by atoms with Gasteiger partial charge in [-0.1, -0.05) is 12.1 Å². The van der Waals surface area contributed by atoms with E-state index < -0.39 is 16.0 Å². The molecule has 0 aliphatic carbocycles. The Bertz CT molecular complexity index is 722. The molecular formula is C12H11NO4S. The summed E-state index contributed by atoms with van der Waals surface area (Å²) in [5.74, 6) is -0.438. The number of nitrogens with two attached hydrogens (primary N) is 1. The van der Waals surface area contributed by atoms with Crippen molar-refractivity contribution in [1.29, 1.82) is 0 Å². The number of fused-ring (bicyclic) bond motifs is 1. The summed E-state index contributed by atoms with van der Waals surface area (Å²) in [6.45, 7) is 0. The van der Waals surface area contributed by atoms with Crippen molar-refractivity contribution >= 4 is 26.8 Å². The number of carbonyl (C=O) groups is 1. The van der Waals surface area contributed by atoms with E-state index in [2.05, 4.69) is 4.74 Å². The van der Waals surface area contributed by atoms with Gasteiger partial charge in [-0.15, -0.1) is 0 Å². The van der Waals surface area contributed by atoms with Gasteiger partial charge in [0.15, 0.2) is 0 Å². The third kappa shape index (κ3) is 2.34. The van der Waals surface area contributed by atoms with Crippen molar-refractivity contribution in [3.63, 3.8) is 0 Å². The Kier molecular flexibility index (Phi) is 3.06. The molecule has 0 aromatic heterocycles. The molecule has 0 aliphatic heterocycles. The minimum atomic E-state index is -3.72. The molecule has 2 aromatic rings. The van der Waals surface area contributed by atoms with Gasteiger partial charge in [0.25, 0.3) is 0 Å². The first-order valence-corrected chi connectivity index (χ1v) is 6.61. The maximum absolute atomic E-state index is 11.3. The predicted octanol–water partition coefficient (Wildman–Crippen LogP) is 1.27. The van der Waals surface area contributed by atoms with Crippen molar-refractivity contribution in [3.8, 4) is 0 Å². The van der Waals surface area contributed by atoms with Gasteiger partial charge in [0.05, 0.1) is 17.6 Å². The number of carbonyl (C=O) groups excluding carboxylic acids is 1. The zero-order chi connectivity index (χ0) is 13.3. The number of benzene rings is 2. The van der Waals surface area contributed by atoms with Crippen LogP contribution in [0.3, 0.4) is 0 Å². The fraction of sp³-hybridized carbons (Fsp3) is 0.0833. The molecule has 0 bridgehead atoms. The van der Waals surface area contributed by atoms with Crippen LogP contribution in [-0.2, 0) is 14.8 Å². The van der Waals surface area contributed by atoms with Gasteiger partial charge in [-0.3, -0.25) is 0 Å². The summed E-state index contributed by atoms with van der Waals surface area (Å²) in [5, 5.41) is 6.48. The van der Waals surface area contributed by atoms with E-state index in [9.17, 15) is 13.2 Å². The van der Waals surface area contributed by atoms with E-state index in [4.69, 9.17) is 5.14 Å². The molecule has 0 amide bonds. The summed E-state index contributed by atoms with van der Waals surface area (Å²) in [6, 6.07) is 9.32. The highest BCUT2D eigenvalue weighted by atomic mass is 32.2. The number of sulfonamides is 1. The lowest BCUT2D eigenvalue weighted by molar-refractivity contribution is 0.0601. The molecule has 0 atom stereocenters. The molecule has 2 aromatic carbocycles. The summed E-state index contributed by atoms with van der Waals surface area (Å²) >= 11 is 0. The standard InChI is InChI=1S/C12H11NO4S/c1-17-12(14)10-3-2-9-7-11(18(13,15)16)5-4-8(9)6-10/h2-7H,1H3,(H2,13,15,16). The number of methoxy groups -OCH3 is 1. The highest BCUT2D eigenvalue weighted by Crippen LogP contribution is 2.20. The number of primary sulfonamides is 1. The van der Waals surface area contributed by atoms with Crippen molar-refractivity contribution in [1.82, 2.24) is 0 Å². The smallest absolute Gasteiger partial charge is 0.337 e. The second-order valence-corrected chi connectivity index (χ2v) is 5.32. The molecule has 0 heterocycles. The van der Waals surface area contributed by atoms with Gasteiger partial charge in [-0.25, -0.2) is 18.4 Å². The second-order valence-electron chi connectivity index (χ2n) is 3.76. The van der Waals surface area contributed by atoms with Gasteiger partial charge in [-0.05, 0) is 35.0 Å². The third-order valence-corrected chi connectivity index (χ3v) is 3.47. The lowest BCUT2D eigenvalue weighted by Crippen LogP contribution is -2.11. The molecule has 0 fully saturated rings. The Morgan fingerprint density at radius 3 is 2.33 bits per heavy atom. The first kappa shape index (κ1) is 12.5. The van der Waals surface area contributed by atoms with Gasteiger partial charge in [-0.2, -0.15) is 0 Å². The van der Waals surface area contributed by atoms with E-state index >= 15 is 0 Å². The molecule has 0 radical (unpaired) electrons. The summed E-state index contributed by atoms with van der Waals surface area (Å²) in [7, 11) is -2.41. The fourth-order valence-electron chi connectivity index (χ4n) is 1.65. The van der Waals surface area contributed by atoms with E-state index in [1.54, 1.807) is 24.3 Å². The molecule has 0 unspecified atom stereocenters. The molecule has 2 N–H and O–H groups in total. The van der Waals surface area contributed by atoms with E-state index in [-0.39, 0.29) is 4.90 Å². The van der Waals surface area contributed by atoms with Crippen LogP contribution in [0, 0.1) is 0 Å². The van der Waals surface area contributed by atoms with Crippen LogP contribution in [0.4, 0.5) is 0 Å². The molecule has 6 heteroatoms. The number of hydrogen-bond acceptors (Lipinski definition) is 4. The summed E-state index contributed by atoms with van der Waals surface area (Å²) in [4.78, 5) is 11.4. The van der Waals surface area contributed by atoms with Crippen molar-refractivity contribution in [2.75, 3.05) is 7.11 Å². The monoisotopic (exact) mass is 265 g/mol. The summed E-state index contributed by atoms with van der Waals surface area (Å²) < 4.78 is 27.0. The van der Waals surface area contributed by atoms with Gasteiger partial charge < -0.3 is 4.74 Å². The third-order valence-electron chi connectivity index (χ3n) is 2.56. The zero-order valence-electron chi connectivity index (χ0n) is 9.58. The quantitative estimate of drug-likeness (QED) is 0.828. The fourth-order valence-corrected chi connectivity index (χ4v) is 2.19. The molecular weight excluding hydrogens is 254 g/mol. The number of ether oxygens (including phenoxy) is 1. The van der Waals surface area contributed by atoms with E-state index in [1.807, 2.05) is 0 Å². The Morgan fingerprint density at radius 1 is 1.11 bits per heavy atom.